The van der Waals surface area contributed by atoms with Gasteiger partial charge in [0.1, 0.15) is 0 Å². The minimum absolute atomic E-state index is 0.229. The van der Waals surface area contributed by atoms with E-state index >= 15 is 0 Å². The van der Waals surface area contributed by atoms with Crippen LogP contribution in [0, 0.1) is 5.92 Å². The zero-order valence-corrected chi connectivity index (χ0v) is 12.0. The number of benzene rings is 1. The van der Waals surface area contributed by atoms with E-state index in [2.05, 4.69) is 4.90 Å². The number of carbonyl (C=O) groups excluding carboxylic acids is 1. The fourth-order valence-electron chi connectivity index (χ4n) is 2.71. The second-order valence-electron chi connectivity index (χ2n) is 5.44. The number of aliphatic hydroxyl groups is 1. The molecule has 1 aromatic carbocycles. The van der Waals surface area contributed by atoms with Crippen molar-refractivity contribution in [3.8, 4) is 0 Å². The highest BCUT2D eigenvalue weighted by Crippen LogP contribution is 2.23. The number of ether oxygens (including phenoxy) is 1. The van der Waals surface area contributed by atoms with Crippen LogP contribution in [-0.4, -0.2) is 42.3 Å². The summed E-state index contributed by atoms with van der Waals surface area (Å²) < 4.78 is 4.81. The molecule has 0 spiro atoms. The van der Waals surface area contributed by atoms with Gasteiger partial charge in [-0.3, -0.25) is 4.90 Å². The van der Waals surface area contributed by atoms with Crippen molar-refractivity contribution in [2.75, 3.05) is 25.9 Å². The quantitative estimate of drug-likeness (QED) is 0.643. The molecule has 5 nitrogen and oxygen atoms in total. The number of carbonyl (C=O) groups is 1. The van der Waals surface area contributed by atoms with Crippen molar-refractivity contribution in [1.82, 2.24) is 4.90 Å². The molecule has 1 aliphatic heterocycles. The van der Waals surface area contributed by atoms with Gasteiger partial charge < -0.3 is 15.6 Å². The standard InChI is InChI=1S/C15H22N2O3/c1-10-8-17(7-6-13(10)18)9-11-4-3-5-12(16)14(11)15(19)20-2/h3-5,10,13,18H,6-9,16H2,1-2H3. The maximum atomic E-state index is 11.9. The number of nitrogens with two attached hydrogens (primary N) is 1. The number of hydrogen-bond donors (Lipinski definition) is 2. The molecule has 0 bridgehead atoms. The van der Waals surface area contributed by atoms with Crippen molar-refractivity contribution < 1.29 is 14.6 Å². The van der Waals surface area contributed by atoms with Crippen LogP contribution < -0.4 is 5.73 Å². The number of hydrogen-bond acceptors (Lipinski definition) is 5. The van der Waals surface area contributed by atoms with E-state index in [-0.39, 0.29) is 12.0 Å². The molecule has 5 heteroatoms. The van der Waals surface area contributed by atoms with Gasteiger partial charge in [0.2, 0.25) is 0 Å². The van der Waals surface area contributed by atoms with E-state index in [1.807, 2.05) is 19.1 Å². The second kappa shape index (κ2) is 6.24. The molecule has 0 aromatic heterocycles. The minimum Gasteiger partial charge on any atom is -0.465 e. The van der Waals surface area contributed by atoms with Crippen molar-refractivity contribution in [1.29, 1.82) is 0 Å². The minimum atomic E-state index is -0.400. The van der Waals surface area contributed by atoms with E-state index in [1.165, 1.54) is 7.11 Å². The van der Waals surface area contributed by atoms with Crippen molar-refractivity contribution in [3.63, 3.8) is 0 Å². The average Bonchev–Trinajstić information content (AvgIpc) is 2.42. The number of esters is 1. The number of aliphatic hydroxyl groups excluding tert-OH is 1. The van der Waals surface area contributed by atoms with Gasteiger partial charge in [0, 0.05) is 25.3 Å². The van der Waals surface area contributed by atoms with E-state index in [1.54, 1.807) is 6.07 Å². The Hall–Kier alpha value is -1.59. The third kappa shape index (κ3) is 3.11. The Kier molecular flexibility index (Phi) is 4.62. The summed E-state index contributed by atoms with van der Waals surface area (Å²) in [6.45, 7) is 4.32. The third-order valence-electron chi connectivity index (χ3n) is 3.91. The van der Waals surface area contributed by atoms with Gasteiger partial charge in [-0.1, -0.05) is 19.1 Å². The Balaban J connectivity index is 2.17. The summed E-state index contributed by atoms with van der Waals surface area (Å²) in [6.07, 6.45) is 0.531. The molecule has 2 unspecified atom stereocenters. The number of likely N-dealkylation sites (tertiary alicyclic amines) is 1. The van der Waals surface area contributed by atoms with Crippen LogP contribution in [0.25, 0.3) is 0 Å². The van der Waals surface area contributed by atoms with E-state index in [4.69, 9.17) is 10.5 Å². The predicted octanol–water partition coefficient (Wildman–Crippen LogP) is 1.26. The van der Waals surface area contributed by atoms with Gasteiger partial charge in [0.15, 0.2) is 0 Å². The van der Waals surface area contributed by atoms with E-state index in [9.17, 15) is 9.90 Å². The Morgan fingerprint density at radius 3 is 2.95 bits per heavy atom. The van der Waals surface area contributed by atoms with Crippen molar-refractivity contribution in [3.05, 3.63) is 29.3 Å². The highest BCUT2D eigenvalue weighted by molar-refractivity contribution is 5.96. The van der Waals surface area contributed by atoms with E-state index < -0.39 is 5.97 Å². The van der Waals surface area contributed by atoms with E-state index in [0.717, 1.165) is 25.1 Å². The Labute approximate surface area is 119 Å². The molecule has 2 rings (SSSR count). The van der Waals surface area contributed by atoms with Crippen molar-refractivity contribution >= 4 is 11.7 Å². The molecule has 1 aliphatic rings. The Bertz CT molecular complexity index is 490. The van der Waals surface area contributed by atoms with Crippen LogP contribution in [0.4, 0.5) is 5.69 Å². The molecule has 20 heavy (non-hydrogen) atoms. The Morgan fingerprint density at radius 1 is 1.55 bits per heavy atom. The summed E-state index contributed by atoms with van der Waals surface area (Å²) in [5.41, 5.74) is 7.66. The molecule has 0 radical (unpaired) electrons. The summed E-state index contributed by atoms with van der Waals surface area (Å²) >= 11 is 0. The third-order valence-corrected chi connectivity index (χ3v) is 3.91. The maximum absolute atomic E-state index is 11.9. The number of rotatable bonds is 3. The number of nitrogen functional groups attached to an aromatic ring is 1. The lowest BCUT2D eigenvalue weighted by Gasteiger charge is -2.34. The van der Waals surface area contributed by atoms with Gasteiger partial charge in [-0.2, -0.15) is 0 Å². The van der Waals surface area contributed by atoms with Crippen LogP contribution in [0.3, 0.4) is 0 Å². The first-order valence-electron chi connectivity index (χ1n) is 6.89. The lowest BCUT2D eigenvalue weighted by Crippen LogP contribution is -2.41. The lowest BCUT2D eigenvalue weighted by molar-refractivity contribution is 0.0316. The van der Waals surface area contributed by atoms with E-state index in [0.29, 0.717) is 17.8 Å². The SMILES string of the molecule is COC(=O)c1c(N)cccc1CN1CCC(O)C(C)C1. The fourth-order valence-corrected chi connectivity index (χ4v) is 2.71. The fraction of sp³-hybridized carbons (Fsp3) is 0.533. The van der Waals surface area contributed by atoms with Crippen LogP contribution in [0.2, 0.25) is 0 Å². The molecule has 3 N–H and O–H groups in total. The molecular weight excluding hydrogens is 256 g/mol. The highest BCUT2D eigenvalue weighted by Gasteiger charge is 2.25. The molecule has 1 aromatic rings. The summed E-state index contributed by atoms with van der Waals surface area (Å²) in [6, 6.07) is 5.45. The van der Waals surface area contributed by atoms with Gasteiger partial charge in [0.05, 0.1) is 18.8 Å². The first-order chi connectivity index (χ1) is 9.52. The van der Waals surface area contributed by atoms with Crippen LogP contribution in [0.5, 0.6) is 0 Å². The summed E-state index contributed by atoms with van der Waals surface area (Å²) in [4.78, 5) is 14.1. The predicted molar refractivity (Wildman–Crippen MR) is 77.3 cm³/mol. The number of methoxy groups -OCH3 is 1. The summed E-state index contributed by atoms with van der Waals surface area (Å²) in [7, 11) is 1.36. The zero-order valence-electron chi connectivity index (χ0n) is 12.0. The molecule has 1 heterocycles. The molecule has 0 saturated carbocycles. The number of anilines is 1. The molecule has 0 amide bonds. The van der Waals surface area contributed by atoms with Crippen LogP contribution >= 0.6 is 0 Å². The summed E-state index contributed by atoms with van der Waals surface area (Å²) in [5, 5.41) is 9.77. The van der Waals surface area contributed by atoms with Crippen LogP contribution in [0.1, 0.15) is 29.3 Å². The van der Waals surface area contributed by atoms with Crippen LogP contribution in [-0.2, 0) is 11.3 Å². The molecule has 1 fully saturated rings. The van der Waals surface area contributed by atoms with Gasteiger partial charge in [0.25, 0.3) is 0 Å². The van der Waals surface area contributed by atoms with Gasteiger partial charge in [-0.25, -0.2) is 4.79 Å². The number of nitrogens with zero attached hydrogens (tertiary/aromatic N) is 1. The van der Waals surface area contributed by atoms with Crippen LogP contribution in [0.15, 0.2) is 18.2 Å². The smallest absolute Gasteiger partial charge is 0.340 e. The molecule has 110 valence electrons. The Morgan fingerprint density at radius 2 is 2.30 bits per heavy atom. The molecule has 1 saturated heterocycles. The van der Waals surface area contributed by atoms with Gasteiger partial charge in [-0.15, -0.1) is 0 Å². The summed E-state index contributed by atoms with van der Waals surface area (Å²) in [5.74, 6) is -0.158. The maximum Gasteiger partial charge on any atom is 0.340 e. The zero-order chi connectivity index (χ0) is 14.7. The highest BCUT2D eigenvalue weighted by atomic mass is 16.5. The largest absolute Gasteiger partial charge is 0.465 e. The lowest BCUT2D eigenvalue weighted by atomic mass is 9.95. The number of piperidine rings is 1. The molecule has 2 atom stereocenters. The van der Waals surface area contributed by atoms with Gasteiger partial charge in [-0.05, 0) is 24.0 Å². The van der Waals surface area contributed by atoms with Crippen molar-refractivity contribution in [2.24, 2.45) is 5.92 Å². The monoisotopic (exact) mass is 278 g/mol. The van der Waals surface area contributed by atoms with Gasteiger partial charge >= 0.3 is 5.97 Å². The molecular formula is C15H22N2O3. The first-order valence-corrected chi connectivity index (χ1v) is 6.89. The normalized spacial score (nSPS) is 23.6. The second-order valence-corrected chi connectivity index (χ2v) is 5.44. The first kappa shape index (κ1) is 14.8. The van der Waals surface area contributed by atoms with Crippen molar-refractivity contribution in [2.45, 2.75) is 26.0 Å². The average molecular weight is 278 g/mol. The topological polar surface area (TPSA) is 75.8 Å². The molecule has 0 aliphatic carbocycles.